The van der Waals surface area contributed by atoms with Crippen molar-refractivity contribution in [2.24, 2.45) is 4.99 Å². The number of nitrogens with zero attached hydrogens (tertiary/aromatic N) is 2. The summed E-state index contributed by atoms with van der Waals surface area (Å²) >= 11 is 5.76. The van der Waals surface area contributed by atoms with Crippen molar-refractivity contribution in [1.29, 1.82) is 0 Å². The first-order chi connectivity index (χ1) is 13.4. The normalized spacial score (nSPS) is 11.5. The maximum atomic E-state index is 12.5. The van der Waals surface area contributed by atoms with Crippen LogP contribution in [0, 0.1) is 11.8 Å². The Morgan fingerprint density at radius 1 is 1.14 bits per heavy atom. The average Bonchev–Trinajstić information content (AvgIpc) is 2.66. The maximum Gasteiger partial charge on any atom is 0.416 e. The molecule has 1 heterocycles. The summed E-state index contributed by atoms with van der Waals surface area (Å²) in [6.45, 7) is 3.52. The van der Waals surface area contributed by atoms with Gasteiger partial charge in [0.05, 0.1) is 12.1 Å². The van der Waals surface area contributed by atoms with Crippen molar-refractivity contribution in [2.45, 2.75) is 19.5 Å². The van der Waals surface area contributed by atoms with Crippen molar-refractivity contribution in [3.05, 3.63) is 64.4 Å². The molecule has 0 unspecified atom stereocenters. The summed E-state index contributed by atoms with van der Waals surface area (Å²) in [5.74, 6) is 6.32. The molecular weight excluding hydrogens is 389 g/mol. The van der Waals surface area contributed by atoms with Crippen molar-refractivity contribution < 1.29 is 13.2 Å². The fourth-order valence-electron chi connectivity index (χ4n) is 2.21. The molecule has 2 aromatic rings. The predicted octanol–water partition coefficient (Wildman–Crippen LogP) is 3.90. The van der Waals surface area contributed by atoms with Crippen LogP contribution in [-0.4, -0.2) is 30.6 Å². The van der Waals surface area contributed by atoms with Crippen LogP contribution in [-0.2, 0) is 12.6 Å². The van der Waals surface area contributed by atoms with Gasteiger partial charge in [0.15, 0.2) is 5.96 Å². The summed E-state index contributed by atoms with van der Waals surface area (Å²) in [6.07, 6.45) is -1.90. The van der Waals surface area contributed by atoms with Gasteiger partial charge in [-0.15, -0.1) is 0 Å². The van der Waals surface area contributed by atoms with Crippen molar-refractivity contribution in [2.75, 3.05) is 19.6 Å². The largest absolute Gasteiger partial charge is 0.416 e. The number of hydrogen-bond acceptors (Lipinski definition) is 2. The topological polar surface area (TPSA) is 49.3 Å². The fraction of sp³-hybridized carbons (Fsp3) is 0.300. The van der Waals surface area contributed by atoms with Crippen molar-refractivity contribution in [3.63, 3.8) is 0 Å². The minimum atomic E-state index is -4.34. The van der Waals surface area contributed by atoms with Gasteiger partial charge in [0.1, 0.15) is 5.15 Å². The van der Waals surface area contributed by atoms with Gasteiger partial charge < -0.3 is 10.6 Å². The standard InChI is InChI=1S/C20H20ClF3N4/c1-2-25-19(27-13-11-16-7-10-18(21)28-14-16)26-12-3-4-15-5-8-17(9-6-15)20(22,23)24/h5-10,14H,2,11-13H2,1H3,(H2,25,26,27). The molecule has 0 bridgehead atoms. The summed E-state index contributed by atoms with van der Waals surface area (Å²) < 4.78 is 37.6. The van der Waals surface area contributed by atoms with Gasteiger partial charge in [0.2, 0.25) is 0 Å². The Morgan fingerprint density at radius 2 is 1.89 bits per heavy atom. The van der Waals surface area contributed by atoms with Gasteiger partial charge in [0, 0.05) is 24.8 Å². The third-order valence-electron chi connectivity index (χ3n) is 3.59. The highest BCUT2D eigenvalue weighted by Gasteiger charge is 2.29. The molecule has 1 aromatic carbocycles. The lowest BCUT2D eigenvalue weighted by Gasteiger charge is -2.08. The van der Waals surface area contributed by atoms with Crippen LogP contribution < -0.4 is 10.6 Å². The van der Waals surface area contributed by atoms with E-state index in [1.807, 2.05) is 13.0 Å². The Labute approximate surface area is 167 Å². The number of halogens is 4. The second-order valence-corrected chi connectivity index (χ2v) is 6.12. The molecule has 4 nitrogen and oxygen atoms in total. The SMILES string of the molecule is CCNC(=NCCc1ccc(Cl)nc1)NCC#Cc1ccc(C(F)(F)F)cc1. The van der Waals surface area contributed by atoms with Crippen molar-refractivity contribution in [1.82, 2.24) is 15.6 Å². The fourth-order valence-corrected chi connectivity index (χ4v) is 2.32. The molecule has 0 amide bonds. The Kier molecular flexibility index (Phi) is 8.15. The summed E-state index contributed by atoms with van der Waals surface area (Å²) in [5.41, 5.74) is 0.867. The van der Waals surface area contributed by atoms with E-state index in [9.17, 15) is 13.2 Å². The molecule has 0 atom stereocenters. The molecule has 2 rings (SSSR count). The summed E-state index contributed by atoms with van der Waals surface area (Å²) in [4.78, 5) is 8.48. The smallest absolute Gasteiger partial charge is 0.357 e. The number of guanidine groups is 1. The molecular formula is C20H20ClF3N4. The van der Waals surface area contributed by atoms with Crippen LogP contribution in [0.2, 0.25) is 5.15 Å². The van der Waals surface area contributed by atoms with E-state index in [-0.39, 0.29) is 0 Å². The second-order valence-electron chi connectivity index (χ2n) is 5.73. The van der Waals surface area contributed by atoms with E-state index < -0.39 is 11.7 Å². The predicted molar refractivity (Wildman–Crippen MR) is 105 cm³/mol. The molecule has 8 heteroatoms. The molecule has 2 N–H and O–H groups in total. The van der Waals surface area contributed by atoms with Crippen LogP contribution in [0.5, 0.6) is 0 Å². The summed E-state index contributed by atoms with van der Waals surface area (Å²) in [7, 11) is 0. The maximum absolute atomic E-state index is 12.5. The van der Waals surface area contributed by atoms with E-state index >= 15 is 0 Å². The minimum absolute atomic E-state index is 0.315. The summed E-state index contributed by atoms with van der Waals surface area (Å²) in [6, 6.07) is 8.40. The van der Waals surface area contributed by atoms with Gasteiger partial charge in [-0.25, -0.2) is 4.98 Å². The van der Waals surface area contributed by atoms with E-state index in [0.29, 0.717) is 36.3 Å². The zero-order chi connectivity index (χ0) is 20.4. The molecule has 28 heavy (non-hydrogen) atoms. The average molecular weight is 409 g/mol. The number of aromatic nitrogens is 1. The molecule has 0 saturated heterocycles. The van der Waals surface area contributed by atoms with E-state index in [2.05, 4.69) is 32.5 Å². The van der Waals surface area contributed by atoms with Gasteiger partial charge in [0.25, 0.3) is 0 Å². The first-order valence-corrected chi connectivity index (χ1v) is 9.05. The molecule has 0 spiro atoms. The van der Waals surface area contributed by atoms with Gasteiger partial charge in [-0.05, 0) is 49.2 Å². The van der Waals surface area contributed by atoms with E-state index in [0.717, 1.165) is 24.1 Å². The first kappa shape index (κ1) is 21.6. The van der Waals surface area contributed by atoms with Crippen LogP contribution in [0.15, 0.2) is 47.6 Å². The second kappa shape index (κ2) is 10.6. The third kappa shape index (κ3) is 7.49. The number of alkyl halides is 3. The molecule has 0 radical (unpaired) electrons. The zero-order valence-corrected chi connectivity index (χ0v) is 16.0. The summed E-state index contributed by atoms with van der Waals surface area (Å²) in [5, 5.41) is 6.63. The number of benzene rings is 1. The van der Waals surface area contributed by atoms with Crippen LogP contribution >= 0.6 is 11.6 Å². The van der Waals surface area contributed by atoms with E-state index in [4.69, 9.17) is 11.6 Å². The van der Waals surface area contributed by atoms with Gasteiger partial charge in [-0.3, -0.25) is 4.99 Å². The molecule has 1 aromatic heterocycles. The lowest BCUT2D eigenvalue weighted by Crippen LogP contribution is -2.37. The lowest BCUT2D eigenvalue weighted by molar-refractivity contribution is -0.137. The Morgan fingerprint density at radius 3 is 2.50 bits per heavy atom. The van der Waals surface area contributed by atoms with E-state index in [1.165, 1.54) is 12.1 Å². The number of rotatable bonds is 5. The Hall–Kier alpha value is -2.72. The van der Waals surface area contributed by atoms with E-state index in [1.54, 1.807) is 12.3 Å². The van der Waals surface area contributed by atoms with Crippen LogP contribution in [0.4, 0.5) is 13.2 Å². The van der Waals surface area contributed by atoms with Crippen LogP contribution in [0.25, 0.3) is 0 Å². The molecule has 0 saturated carbocycles. The first-order valence-electron chi connectivity index (χ1n) is 8.67. The highest BCUT2D eigenvalue weighted by molar-refractivity contribution is 6.29. The minimum Gasteiger partial charge on any atom is -0.357 e. The highest BCUT2D eigenvalue weighted by Crippen LogP contribution is 2.28. The number of aliphatic imine (C=N–C) groups is 1. The Balaban J connectivity index is 1.85. The third-order valence-corrected chi connectivity index (χ3v) is 3.82. The van der Waals surface area contributed by atoms with Crippen molar-refractivity contribution >= 4 is 17.6 Å². The molecule has 148 valence electrons. The van der Waals surface area contributed by atoms with Gasteiger partial charge in [-0.2, -0.15) is 13.2 Å². The quantitative estimate of drug-likeness (QED) is 0.341. The molecule has 0 aliphatic rings. The lowest BCUT2D eigenvalue weighted by atomic mass is 10.1. The van der Waals surface area contributed by atoms with Gasteiger partial charge in [-0.1, -0.05) is 29.5 Å². The zero-order valence-electron chi connectivity index (χ0n) is 15.3. The van der Waals surface area contributed by atoms with Crippen LogP contribution in [0.3, 0.4) is 0 Å². The number of pyridine rings is 1. The van der Waals surface area contributed by atoms with Gasteiger partial charge >= 0.3 is 6.18 Å². The van der Waals surface area contributed by atoms with Crippen LogP contribution in [0.1, 0.15) is 23.6 Å². The molecule has 0 aliphatic carbocycles. The molecule has 0 aliphatic heterocycles. The number of nitrogens with one attached hydrogen (secondary N) is 2. The monoisotopic (exact) mass is 408 g/mol. The highest BCUT2D eigenvalue weighted by atomic mass is 35.5. The number of hydrogen-bond donors (Lipinski definition) is 2. The molecule has 0 fully saturated rings. The van der Waals surface area contributed by atoms with Crippen molar-refractivity contribution in [3.8, 4) is 11.8 Å². The Bertz CT molecular complexity index is 835.